The molecule has 0 spiro atoms. The lowest BCUT2D eigenvalue weighted by atomic mass is 10.0. The van der Waals surface area contributed by atoms with Gasteiger partial charge in [-0.05, 0) is 72.9 Å². The summed E-state index contributed by atoms with van der Waals surface area (Å²) in [6.07, 6.45) is 3.92. The fraction of sp³-hybridized carbons (Fsp3) is 0.241. The Bertz CT molecular complexity index is 1370. The maximum Gasteiger partial charge on any atom is 0.174 e. The highest BCUT2D eigenvalue weighted by atomic mass is 32.1. The van der Waals surface area contributed by atoms with Crippen LogP contribution in [-0.4, -0.2) is 48.1 Å². The van der Waals surface area contributed by atoms with Crippen molar-refractivity contribution in [2.45, 2.75) is 12.1 Å². The molecule has 0 saturated carbocycles. The number of rotatable bonds is 6. The van der Waals surface area contributed by atoms with Gasteiger partial charge in [-0.2, -0.15) is 0 Å². The molecule has 6 rings (SSSR count). The first-order valence-electron chi connectivity index (χ1n) is 12.5. The van der Waals surface area contributed by atoms with Crippen LogP contribution in [0, 0.1) is 0 Å². The SMILES string of the molecule is COc1cccc(-n2cccc2[C@@H]2[C@@H](c3ccccn3)NC(=S)N2c2ccc(N3CCOCC3)cc2)c1. The van der Waals surface area contributed by atoms with Crippen molar-refractivity contribution >= 4 is 28.7 Å². The van der Waals surface area contributed by atoms with Crippen LogP contribution in [0.1, 0.15) is 23.5 Å². The molecule has 0 bridgehead atoms. The number of ether oxygens (including phenoxy) is 2. The monoisotopic (exact) mass is 511 g/mol. The van der Waals surface area contributed by atoms with E-state index >= 15 is 0 Å². The number of nitrogens with one attached hydrogen (secondary N) is 1. The summed E-state index contributed by atoms with van der Waals surface area (Å²) in [7, 11) is 1.69. The molecule has 2 aromatic carbocycles. The van der Waals surface area contributed by atoms with E-state index in [0.29, 0.717) is 5.11 Å². The van der Waals surface area contributed by atoms with Gasteiger partial charge in [0.2, 0.25) is 0 Å². The Morgan fingerprint density at radius 3 is 2.49 bits per heavy atom. The molecule has 4 aromatic rings. The van der Waals surface area contributed by atoms with Crippen LogP contribution in [0.15, 0.2) is 91.3 Å². The Hall–Kier alpha value is -3.88. The molecule has 2 aliphatic heterocycles. The lowest BCUT2D eigenvalue weighted by molar-refractivity contribution is 0.122. The molecule has 1 N–H and O–H groups in total. The molecule has 2 aromatic heterocycles. The van der Waals surface area contributed by atoms with Crippen LogP contribution in [0.4, 0.5) is 11.4 Å². The zero-order valence-electron chi connectivity index (χ0n) is 20.7. The molecule has 0 amide bonds. The van der Waals surface area contributed by atoms with Gasteiger partial charge < -0.3 is 29.2 Å². The first-order chi connectivity index (χ1) is 18.2. The lowest BCUT2D eigenvalue weighted by Crippen LogP contribution is -2.36. The zero-order valence-corrected chi connectivity index (χ0v) is 21.5. The number of pyridine rings is 1. The van der Waals surface area contributed by atoms with E-state index in [-0.39, 0.29) is 12.1 Å². The molecule has 2 fully saturated rings. The van der Waals surface area contributed by atoms with Gasteiger partial charge in [-0.15, -0.1) is 0 Å². The van der Waals surface area contributed by atoms with Gasteiger partial charge in [0, 0.05) is 54.3 Å². The summed E-state index contributed by atoms with van der Waals surface area (Å²) in [5, 5.41) is 4.25. The molecule has 188 valence electrons. The Morgan fingerprint density at radius 2 is 1.73 bits per heavy atom. The van der Waals surface area contributed by atoms with Crippen molar-refractivity contribution in [1.82, 2.24) is 14.9 Å². The van der Waals surface area contributed by atoms with Crippen molar-refractivity contribution in [2.24, 2.45) is 0 Å². The largest absolute Gasteiger partial charge is 0.497 e. The summed E-state index contributed by atoms with van der Waals surface area (Å²) < 4.78 is 13.2. The van der Waals surface area contributed by atoms with Crippen molar-refractivity contribution in [2.75, 3.05) is 43.2 Å². The molecular weight excluding hydrogens is 482 g/mol. The van der Waals surface area contributed by atoms with Crippen LogP contribution in [0.2, 0.25) is 0 Å². The predicted molar refractivity (Wildman–Crippen MR) is 150 cm³/mol. The maximum absolute atomic E-state index is 5.94. The minimum absolute atomic E-state index is 0.113. The highest BCUT2D eigenvalue weighted by molar-refractivity contribution is 7.80. The zero-order chi connectivity index (χ0) is 25.2. The third kappa shape index (κ3) is 4.54. The van der Waals surface area contributed by atoms with Crippen molar-refractivity contribution < 1.29 is 9.47 Å². The van der Waals surface area contributed by atoms with E-state index < -0.39 is 0 Å². The summed E-state index contributed by atoms with van der Waals surface area (Å²) in [6, 6.07) is 26.8. The van der Waals surface area contributed by atoms with Crippen LogP contribution >= 0.6 is 12.2 Å². The Labute approximate surface area is 222 Å². The summed E-state index contributed by atoms with van der Waals surface area (Å²) in [4.78, 5) is 9.26. The number of hydrogen-bond acceptors (Lipinski definition) is 5. The number of benzene rings is 2. The van der Waals surface area contributed by atoms with Crippen molar-refractivity contribution in [3.63, 3.8) is 0 Å². The normalized spacial score (nSPS) is 19.6. The highest BCUT2D eigenvalue weighted by Crippen LogP contribution is 2.42. The van der Waals surface area contributed by atoms with E-state index in [4.69, 9.17) is 26.7 Å². The second-order valence-corrected chi connectivity index (χ2v) is 9.50. The van der Waals surface area contributed by atoms with Crippen molar-refractivity contribution in [3.8, 4) is 11.4 Å². The topological polar surface area (TPSA) is 54.8 Å². The van der Waals surface area contributed by atoms with Gasteiger partial charge in [0.25, 0.3) is 0 Å². The lowest BCUT2D eigenvalue weighted by Gasteiger charge is -2.31. The fourth-order valence-corrected chi connectivity index (χ4v) is 5.56. The summed E-state index contributed by atoms with van der Waals surface area (Å²) in [6.45, 7) is 3.33. The number of anilines is 2. The van der Waals surface area contributed by atoms with E-state index in [1.54, 1.807) is 7.11 Å². The quantitative estimate of drug-likeness (QED) is 0.370. The molecule has 7 nitrogen and oxygen atoms in total. The molecule has 2 saturated heterocycles. The molecular formula is C29H29N5O2S. The van der Waals surface area contributed by atoms with Gasteiger partial charge in [-0.1, -0.05) is 12.1 Å². The van der Waals surface area contributed by atoms with E-state index in [9.17, 15) is 0 Å². The van der Waals surface area contributed by atoms with E-state index in [2.05, 4.69) is 74.4 Å². The maximum atomic E-state index is 5.94. The van der Waals surface area contributed by atoms with Gasteiger partial charge in [-0.25, -0.2) is 0 Å². The Balaban J connectivity index is 1.42. The third-order valence-electron chi connectivity index (χ3n) is 7.02. The first kappa shape index (κ1) is 23.5. The molecule has 0 radical (unpaired) electrons. The number of aromatic nitrogens is 2. The number of methoxy groups -OCH3 is 1. The van der Waals surface area contributed by atoms with E-state index in [1.807, 2.05) is 36.5 Å². The standard InChI is InChI=1S/C29H29N5O2S/c1-35-24-7-4-6-23(20-24)33-15-5-9-26(33)28-27(25-8-2-3-14-30-25)31-29(37)34(28)22-12-10-21(11-13-22)32-16-18-36-19-17-32/h2-15,20,27-28H,16-19H2,1H3,(H,31,37)/t27-,28-/m1/s1. The number of morpholine rings is 1. The average Bonchev–Trinajstić information content (AvgIpc) is 3.58. The van der Waals surface area contributed by atoms with E-state index in [1.165, 1.54) is 5.69 Å². The minimum atomic E-state index is -0.119. The Kier molecular flexibility index (Phi) is 6.51. The van der Waals surface area contributed by atoms with Gasteiger partial charge in [0.1, 0.15) is 11.8 Å². The van der Waals surface area contributed by atoms with Gasteiger partial charge in [0.05, 0.1) is 32.1 Å². The molecule has 2 aliphatic rings. The third-order valence-corrected chi connectivity index (χ3v) is 7.33. The van der Waals surface area contributed by atoms with E-state index in [0.717, 1.165) is 54.8 Å². The number of nitrogens with zero attached hydrogens (tertiary/aromatic N) is 4. The Morgan fingerprint density at radius 1 is 0.919 bits per heavy atom. The van der Waals surface area contributed by atoms with Crippen LogP contribution in [0.25, 0.3) is 5.69 Å². The molecule has 37 heavy (non-hydrogen) atoms. The number of hydrogen-bond donors (Lipinski definition) is 1. The van der Waals surface area contributed by atoms with Crippen LogP contribution < -0.4 is 19.9 Å². The average molecular weight is 512 g/mol. The number of thiocarbonyl (C=S) groups is 1. The van der Waals surface area contributed by atoms with Crippen LogP contribution in [0.5, 0.6) is 5.75 Å². The smallest absolute Gasteiger partial charge is 0.174 e. The molecule has 2 atom stereocenters. The van der Waals surface area contributed by atoms with Crippen molar-refractivity contribution in [1.29, 1.82) is 0 Å². The second-order valence-electron chi connectivity index (χ2n) is 9.12. The molecule has 8 heteroatoms. The molecule has 0 aliphatic carbocycles. The second kappa shape index (κ2) is 10.2. The summed E-state index contributed by atoms with van der Waals surface area (Å²) in [5.74, 6) is 0.814. The first-order valence-corrected chi connectivity index (χ1v) is 12.9. The summed E-state index contributed by atoms with van der Waals surface area (Å²) in [5.41, 5.74) is 5.31. The molecule has 4 heterocycles. The fourth-order valence-electron chi connectivity index (χ4n) is 5.21. The highest BCUT2D eigenvalue weighted by Gasteiger charge is 2.42. The summed E-state index contributed by atoms with van der Waals surface area (Å²) >= 11 is 5.94. The van der Waals surface area contributed by atoms with Crippen molar-refractivity contribution in [3.05, 3.63) is 103 Å². The van der Waals surface area contributed by atoms with Gasteiger partial charge in [0.15, 0.2) is 5.11 Å². The van der Waals surface area contributed by atoms with Crippen LogP contribution in [-0.2, 0) is 4.74 Å². The predicted octanol–water partition coefficient (Wildman–Crippen LogP) is 4.89. The van der Waals surface area contributed by atoms with Gasteiger partial charge >= 0.3 is 0 Å². The molecule has 0 unspecified atom stereocenters. The van der Waals surface area contributed by atoms with Crippen LogP contribution in [0.3, 0.4) is 0 Å². The van der Waals surface area contributed by atoms with Gasteiger partial charge in [-0.3, -0.25) is 4.98 Å². The minimum Gasteiger partial charge on any atom is -0.497 e.